The van der Waals surface area contributed by atoms with Crippen molar-refractivity contribution in [1.82, 2.24) is 10.2 Å². The van der Waals surface area contributed by atoms with Crippen molar-refractivity contribution in [1.29, 1.82) is 0 Å². The number of aromatic nitrogens is 2. The summed E-state index contributed by atoms with van der Waals surface area (Å²) < 4.78 is 5.61. The molecule has 1 atom stereocenters. The van der Waals surface area contributed by atoms with Crippen LogP contribution in [-0.4, -0.2) is 21.8 Å². The van der Waals surface area contributed by atoms with Gasteiger partial charge >= 0.3 is 0 Å². The Balaban J connectivity index is 1.90. The van der Waals surface area contributed by atoms with Crippen LogP contribution in [0, 0.1) is 0 Å². The van der Waals surface area contributed by atoms with Gasteiger partial charge in [0, 0.05) is 5.56 Å². The molecule has 1 aliphatic heterocycles. The Kier molecular flexibility index (Phi) is 3.00. The second kappa shape index (κ2) is 4.81. The molecule has 1 aromatic heterocycles. The third kappa shape index (κ3) is 2.22. The van der Waals surface area contributed by atoms with Crippen molar-refractivity contribution in [3.8, 4) is 5.75 Å². The van der Waals surface area contributed by atoms with Gasteiger partial charge < -0.3 is 15.8 Å². The summed E-state index contributed by atoms with van der Waals surface area (Å²) in [5, 5.41) is 11.2. The lowest BCUT2D eigenvalue weighted by Gasteiger charge is -2.14. The summed E-state index contributed by atoms with van der Waals surface area (Å²) in [4.78, 5) is 0.296. The van der Waals surface area contributed by atoms with Crippen LogP contribution in [0.3, 0.4) is 0 Å². The minimum absolute atomic E-state index is 0.0287. The number of nitrogens with zero attached hydrogens (tertiary/aromatic N) is 2. The van der Waals surface area contributed by atoms with E-state index in [9.17, 15) is 0 Å². The number of benzene rings is 1. The van der Waals surface area contributed by atoms with Crippen molar-refractivity contribution in [2.75, 3.05) is 11.9 Å². The molecule has 0 spiro atoms. The number of nitrogens with one attached hydrogen (secondary N) is 1. The summed E-state index contributed by atoms with van der Waals surface area (Å²) in [5.41, 5.74) is 7.46. The number of para-hydroxylation sites is 1. The molecule has 96 valence electrons. The SMILES string of the molecule is NC(=S)c1ccnnc1NC1COc2ccccc21. The van der Waals surface area contributed by atoms with Gasteiger partial charge in [0.25, 0.3) is 0 Å². The molecule has 5 nitrogen and oxygen atoms in total. The molecule has 0 amide bonds. The molecule has 0 fully saturated rings. The highest BCUT2D eigenvalue weighted by Crippen LogP contribution is 2.34. The van der Waals surface area contributed by atoms with E-state index in [1.54, 1.807) is 12.3 Å². The number of ether oxygens (including phenoxy) is 1. The maximum Gasteiger partial charge on any atom is 0.159 e. The zero-order valence-electron chi connectivity index (χ0n) is 10.0. The van der Waals surface area contributed by atoms with Gasteiger partial charge in [0.1, 0.15) is 17.3 Å². The van der Waals surface area contributed by atoms with Crippen molar-refractivity contribution in [2.45, 2.75) is 6.04 Å². The molecule has 3 N–H and O–H groups in total. The average Bonchev–Trinajstić information content (AvgIpc) is 2.83. The van der Waals surface area contributed by atoms with Gasteiger partial charge in [-0.15, -0.1) is 5.10 Å². The average molecular weight is 272 g/mol. The first-order valence-electron chi connectivity index (χ1n) is 5.85. The fraction of sp³-hybridized carbons (Fsp3) is 0.154. The van der Waals surface area contributed by atoms with Gasteiger partial charge in [0.15, 0.2) is 5.82 Å². The fourth-order valence-electron chi connectivity index (χ4n) is 2.08. The van der Waals surface area contributed by atoms with Crippen LogP contribution in [0.5, 0.6) is 5.75 Å². The first-order valence-corrected chi connectivity index (χ1v) is 6.26. The molecule has 1 unspecified atom stereocenters. The van der Waals surface area contributed by atoms with Gasteiger partial charge in [-0.1, -0.05) is 30.4 Å². The van der Waals surface area contributed by atoms with Crippen LogP contribution in [0.1, 0.15) is 17.2 Å². The number of fused-ring (bicyclic) bond motifs is 1. The molecular formula is C13H12N4OS. The van der Waals surface area contributed by atoms with Crippen LogP contribution in [0.4, 0.5) is 5.82 Å². The van der Waals surface area contributed by atoms with Crippen LogP contribution in [0.25, 0.3) is 0 Å². The first-order chi connectivity index (χ1) is 9.25. The molecule has 2 aromatic rings. The summed E-state index contributed by atoms with van der Waals surface area (Å²) >= 11 is 5.01. The van der Waals surface area contributed by atoms with E-state index in [0.29, 0.717) is 23.0 Å². The van der Waals surface area contributed by atoms with E-state index in [0.717, 1.165) is 11.3 Å². The van der Waals surface area contributed by atoms with Crippen LogP contribution in [0.2, 0.25) is 0 Å². The molecule has 0 bridgehead atoms. The summed E-state index contributed by atoms with van der Waals surface area (Å²) in [6.07, 6.45) is 1.57. The lowest BCUT2D eigenvalue weighted by molar-refractivity contribution is 0.339. The summed E-state index contributed by atoms with van der Waals surface area (Å²) in [5.74, 6) is 1.47. The monoisotopic (exact) mass is 272 g/mol. The van der Waals surface area contributed by atoms with Crippen molar-refractivity contribution in [3.05, 3.63) is 47.7 Å². The van der Waals surface area contributed by atoms with Crippen molar-refractivity contribution in [3.63, 3.8) is 0 Å². The number of nitrogens with two attached hydrogens (primary N) is 1. The summed E-state index contributed by atoms with van der Waals surface area (Å²) in [7, 11) is 0. The van der Waals surface area contributed by atoms with Gasteiger partial charge in [-0.2, -0.15) is 5.10 Å². The molecule has 1 aromatic carbocycles. The Labute approximate surface area is 115 Å². The van der Waals surface area contributed by atoms with E-state index in [1.807, 2.05) is 24.3 Å². The molecule has 0 aliphatic carbocycles. The number of anilines is 1. The lowest BCUT2D eigenvalue weighted by Crippen LogP contribution is -2.18. The lowest BCUT2D eigenvalue weighted by atomic mass is 10.1. The molecule has 3 rings (SSSR count). The minimum atomic E-state index is 0.0287. The maximum absolute atomic E-state index is 5.68. The first kappa shape index (κ1) is 11.9. The molecule has 1 aliphatic rings. The number of hydrogen-bond acceptors (Lipinski definition) is 5. The topological polar surface area (TPSA) is 73.1 Å². The maximum atomic E-state index is 5.68. The van der Waals surface area contributed by atoms with Gasteiger partial charge in [0.2, 0.25) is 0 Å². The van der Waals surface area contributed by atoms with Crippen molar-refractivity contribution in [2.24, 2.45) is 5.73 Å². The Morgan fingerprint density at radius 2 is 2.21 bits per heavy atom. The minimum Gasteiger partial charge on any atom is -0.491 e. The summed E-state index contributed by atoms with van der Waals surface area (Å²) in [6, 6.07) is 9.68. The van der Waals surface area contributed by atoms with E-state index >= 15 is 0 Å². The Morgan fingerprint density at radius 3 is 3.05 bits per heavy atom. The third-order valence-electron chi connectivity index (χ3n) is 3.00. The van der Waals surface area contributed by atoms with Crippen molar-refractivity contribution >= 4 is 23.0 Å². The van der Waals surface area contributed by atoms with Gasteiger partial charge in [-0.3, -0.25) is 0 Å². The van der Waals surface area contributed by atoms with Gasteiger partial charge in [0.05, 0.1) is 17.8 Å². The van der Waals surface area contributed by atoms with Crippen LogP contribution in [0.15, 0.2) is 36.5 Å². The predicted molar refractivity (Wildman–Crippen MR) is 76.2 cm³/mol. The summed E-state index contributed by atoms with van der Waals surface area (Å²) in [6.45, 7) is 0.548. The standard InChI is InChI=1S/C13H12N4OS/c14-12(19)9-5-6-15-17-13(9)16-10-7-18-11-4-2-1-3-8(10)11/h1-6,10H,7H2,(H2,14,19)(H,16,17). The Morgan fingerprint density at radius 1 is 1.37 bits per heavy atom. The normalized spacial score (nSPS) is 16.5. The highest BCUT2D eigenvalue weighted by molar-refractivity contribution is 7.80. The molecule has 2 heterocycles. The van der Waals surface area contributed by atoms with Gasteiger partial charge in [-0.25, -0.2) is 0 Å². The molecule has 0 saturated carbocycles. The highest BCUT2D eigenvalue weighted by atomic mass is 32.1. The third-order valence-corrected chi connectivity index (χ3v) is 3.22. The van der Waals surface area contributed by atoms with Crippen LogP contribution >= 0.6 is 12.2 Å². The van der Waals surface area contributed by atoms with E-state index in [1.165, 1.54) is 0 Å². The largest absolute Gasteiger partial charge is 0.491 e. The van der Waals surface area contributed by atoms with Crippen LogP contribution in [-0.2, 0) is 0 Å². The molecule has 6 heteroatoms. The predicted octanol–water partition coefficient (Wildman–Crippen LogP) is 1.66. The van der Waals surface area contributed by atoms with E-state index < -0.39 is 0 Å². The second-order valence-corrected chi connectivity index (χ2v) is 4.64. The zero-order chi connectivity index (χ0) is 13.2. The van der Waals surface area contributed by atoms with Gasteiger partial charge in [-0.05, 0) is 12.1 Å². The zero-order valence-corrected chi connectivity index (χ0v) is 10.9. The fourth-order valence-corrected chi connectivity index (χ4v) is 2.25. The number of thiocarbonyl (C=S) groups is 1. The molecule has 0 radical (unpaired) electrons. The Bertz CT molecular complexity index is 632. The molecular weight excluding hydrogens is 260 g/mol. The Hall–Kier alpha value is -2.21. The van der Waals surface area contributed by atoms with Crippen LogP contribution < -0.4 is 15.8 Å². The second-order valence-electron chi connectivity index (χ2n) is 4.20. The quantitative estimate of drug-likeness (QED) is 0.828. The molecule has 19 heavy (non-hydrogen) atoms. The van der Waals surface area contributed by atoms with E-state index in [2.05, 4.69) is 15.5 Å². The number of rotatable bonds is 3. The van der Waals surface area contributed by atoms with Crippen molar-refractivity contribution < 1.29 is 4.74 Å². The smallest absolute Gasteiger partial charge is 0.159 e. The van der Waals surface area contributed by atoms with E-state index in [4.69, 9.17) is 22.7 Å². The van der Waals surface area contributed by atoms with E-state index in [-0.39, 0.29) is 6.04 Å². The number of hydrogen-bond donors (Lipinski definition) is 2. The highest BCUT2D eigenvalue weighted by Gasteiger charge is 2.24. The molecule has 0 saturated heterocycles.